The average molecular weight is 379 g/mol. The van der Waals surface area contributed by atoms with Crippen molar-refractivity contribution in [1.82, 2.24) is 10.0 Å². The lowest BCUT2D eigenvalue weighted by molar-refractivity contribution is -0.0466. The lowest BCUT2D eigenvalue weighted by Crippen LogP contribution is -2.49. The molecule has 0 N–H and O–H groups in total. The molecule has 4 heteroatoms. The first kappa shape index (κ1) is 19.2. The van der Waals surface area contributed by atoms with Crippen molar-refractivity contribution in [2.45, 2.75) is 51.1 Å². The Morgan fingerprint density at radius 1 is 1.07 bits per heavy atom. The van der Waals surface area contributed by atoms with Gasteiger partial charge in [0.1, 0.15) is 0 Å². The summed E-state index contributed by atoms with van der Waals surface area (Å²) >= 11 is 0. The Kier molecular flexibility index (Phi) is 5.02. The SMILES string of the molecule is COC[C@H]1CCCN1N1C(=O)c2ccccc2[C@H]1c1ccc(C(C)(C)C)cc1. The molecule has 2 heterocycles. The number of nitrogens with zero attached hydrogens (tertiary/aromatic N) is 2. The van der Waals surface area contributed by atoms with E-state index in [0.29, 0.717) is 6.61 Å². The Bertz CT molecular complexity index is 854. The number of methoxy groups -OCH3 is 1. The zero-order chi connectivity index (χ0) is 19.9. The molecule has 2 aromatic rings. The first-order valence-electron chi connectivity index (χ1n) is 10.2. The van der Waals surface area contributed by atoms with Crippen molar-refractivity contribution in [3.63, 3.8) is 0 Å². The number of hydrogen-bond donors (Lipinski definition) is 0. The summed E-state index contributed by atoms with van der Waals surface area (Å²) in [5.41, 5.74) is 4.49. The largest absolute Gasteiger partial charge is 0.383 e. The zero-order valence-electron chi connectivity index (χ0n) is 17.3. The second kappa shape index (κ2) is 7.34. The molecule has 2 aromatic carbocycles. The average Bonchev–Trinajstić information content (AvgIpc) is 3.24. The fraction of sp³-hybridized carbons (Fsp3) is 0.458. The van der Waals surface area contributed by atoms with Crippen LogP contribution in [0.3, 0.4) is 0 Å². The summed E-state index contributed by atoms with van der Waals surface area (Å²) in [6, 6.07) is 17.0. The highest BCUT2D eigenvalue weighted by Gasteiger charge is 2.44. The first-order chi connectivity index (χ1) is 13.4. The summed E-state index contributed by atoms with van der Waals surface area (Å²) < 4.78 is 5.44. The molecule has 0 aliphatic carbocycles. The topological polar surface area (TPSA) is 32.8 Å². The van der Waals surface area contributed by atoms with Gasteiger partial charge in [-0.05, 0) is 41.0 Å². The Hall–Kier alpha value is -2.17. The Balaban J connectivity index is 1.76. The fourth-order valence-corrected chi connectivity index (χ4v) is 4.52. The molecule has 1 amide bonds. The van der Waals surface area contributed by atoms with E-state index < -0.39 is 0 Å². The third-order valence-corrected chi connectivity index (χ3v) is 6.01. The van der Waals surface area contributed by atoms with E-state index in [2.05, 4.69) is 56.1 Å². The second-order valence-corrected chi connectivity index (χ2v) is 8.93. The van der Waals surface area contributed by atoms with Crippen molar-refractivity contribution in [2.75, 3.05) is 20.3 Å². The van der Waals surface area contributed by atoms with E-state index in [-0.39, 0.29) is 23.4 Å². The van der Waals surface area contributed by atoms with Crippen LogP contribution in [0, 0.1) is 0 Å². The van der Waals surface area contributed by atoms with E-state index in [9.17, 15) is 4.79 Å². The van der Waals surface area contributed by atoms with Crippen molar-refractivity contribution in [3.8, 4) is 0 Å². The molecule has 4 rings (SSSR count). The van der Waals surface area contributed by atoms with E-state index in [1.165, 1.54) is 5.56 Å². The van der Waals surface area contributed by atoms with Crippen LogP contribution < -0.4 is 0 Å². The van der Waals surface area contributed by atoms with Gasteiger partial charge in [-0.3, -0.25) is 9.80 Å². The highest BCUT2D eigenvalue weighted by atomic mass is 16.5. The molecule has 28 heavy (non-hydrogen) atoms. The smallest absolute Gasteiger partial charge is 0.269 e. The number of carbonyl (C=O) groups excluding carboxylic acids is 1. The Morgan fingerprint density at radius 3 is 2.46 bits per heavy atom. The van der Waals surface area contributed by atoms with Crippen molar-refractivity contribution in [3.05, 3.63) is 70.8 Å². The van der Waals surface area contributed by atoms with Gasteiger partial charge in [0.15, 0.2) is 0 Å². The number of rotatable bonds is 4. The van der Waals surface area contributed by atoms with Crippen LogP contribution in [-0.2, 0) is 10.2 Å². The van der Waals surface area contributed by atoms with Gasteiger partial charge < -0.3 is 4.74 Å². The molecule has 4 nitrogen and oxygen atoms in total. The highest BCUT2D eigenvalue weighted by Crippen LogP contribution is 2.41. The lowest BCUT2D eigenvalue weighted by atomic mass is 9.86. The van der Waals surface area contributed by atoms with Gasteiger partial charge in [-0.2, -0.15) is 0 Å². The molecule has 1 fully saturated rings. The highest BCUT2D eigenvalue weighted by molar-refractivity contribution is 5.99. The molecule has 2 atom stereocenters. The van der Waals surface area contributed by atoms with Crippen LogP contribution in [0.15, 0.2) is 48.5 Å². The van der Waals surface area contributed by atoms with E-state index in [1.807, 2.05) is 23.2 Å². The summed E-state index contributed by atoms with van der Waals surface area (Å²) in [7, 11) is 1.74. The van der Waals surface area contributed by atoms with Crippen LogP contribution in [-0.4, -0.2) is 42.2 Å². The Labute approximate surface area is 168 Å². The molecular formula is C24H30N2O2. The van der Waals surface area contributed by atoms with Gasteiger partial charge in [0.2, 0.25) is 0 Å². The lowest BCUT2D eigenvalue weighted by Gasteiger charge is -2.37. The molecule has 0 bridgehead atoms. The van der Waals surface area contributed by atoms with Gasteiger partial charge in [-0.15, -0.1) is 0 Å². The van der Waals surface area contributed by atoms with Crippen LogP contribution >= 0.6 is 0 Å². The number of fused-ring (bicyclic) bond motifs is 1. The predicted molar refractivity (Wildman–Crippen MR) is 111 cm³/mol. The fourth-order valence-electron chi connectivity index (χ4n) is 4.52. The van der Waals surface area contributed by atoms with Gasteiger partial charge in [-0.1, -0.05) is 63.2 Å². The van der Waals surface area contributed by atoms with Crippen molar-refractivity contribution < 1.29 is 9.53 Å². The van der Waals surface area contributed by atoms with Gasteiger partial charge >= 0.3 is 0 Å². The summed E-state index contributed by atoms with van der Waals surface area (Å²) in [5.74, 6) is 0.100. The van der Waals surface area contributed by atoms with Gasteiger partial charge in [0.05, 0.1) is 18.7 Å². The first-order valence-corrected chi connectivity index (χ1v) is 10.2. The summed E-state index contributed by atoms with van der Waals surface area (Å²) in [6.45, 7) is 8.22. The summed E-state index contributed by atoms with van der Waals surface area (Å²) in [6.07, 6.45) is 2.15. The maximum absolute atomic E-state index is 13.4. The zero-order valence-corrected chi connectivity index (χ0v) is 17.3. The molecular weight excluding hydrogens is 348 g/mol. The summed E-state index contributed by atoms with van der Waals surface area (Å²) in [4.78, 5) is 13.4. The maximum Gasteiger partial charge on any atom is 0.269 e. The van der Waals surface area contributed by atoms with Crippen LogP contribution in [0.1, 0.15) is 66.7 Å². The molecule has 148 valence electrons. The third kappa shape index (κ3) is 3.25. The number of hydrogen-bond acceptors (Lipinski definition) is 3. The van der Waals surface area contributed by atoms with Gasteiger partial charge in [0, 0.05) is 19.2 Å². The molecule has 0 unspecified atom stereocenters. The predicted octanol–water partition coefficient (Wildman–Crippen LogP) is 4.56. The molecule has 1 saturated heterocycles. The van der Waals surface area contributed by atoms with Crippen LogP contribution in [0.25, 0.3) is 0 Å². The van der Waals surface area contributed by atoms with Gasteiger partial charge in [0.25, 0.3) is 5.91 Å². The molecule has 0 aromatic heterocycles. The van der Waals surface area contributed by atoms with Crippen molar-refractivity contribution in [1.29, 1.82) is 0 Å². The quantitative estimate of drug-likeness (QED) is 0.782. The number of hydrazine groups is 1. The standard InChI is InChI=1S/C24H30N2O2/c1-24(2,3)18-13-11-17(12-14-18)22-20-9-5-6-10-21(20)23(27)26(22)25-15-7-8-19(25)16-28-4/h5-6,9-14,19,22H,7-8,15-16H2,1-4H3/t19-,22-/m1/s1. The third-order valence-electron chi connectivity index (χ3n) is 6.01. The molecule has 0 saturated carbocycles. The van der Waals surface area contributed by atoms with Crippen LogP contribution in [0.4, 0.5) is 0 Å². The number of ether oxygens (including phenoxy) is 1. The van der Waals surface area contributed by atoms with Crippen molar-refractivity contribution >= 4 is 5.91 Å². The van der Waals surface area contributed by atoms with Gasteiger partial charge in [-0.25, -0.2) is 5.01 Å². The molecule has 0 spiro atoms. The minimum atomic E-state index is -0.0739. The number of amides is 1. The second-order valence-electron chi connectivity index (χ2n) is 8.93. The summed E-state index contributed by atoms with van der Waals surface area (Å²) in [5, 5.41) is 4.24. The molecule has 2 aliphatic heterocycles. The minimum absolute atomic E-state index is 0.0739. The molecule has 0 radical (unpaired) electrons. The van der Waals surface area contributed by atoms with E-state index in [0.717, 1.165) is 36.1 Å². The van der Waals surface area contributed by atoms with E-state index in [1.54, 1.807) is 7.11 Å². The number of carbonyl (C=O) groups is 1. The minimum Gasteiger partial charge on any atom is -0.383 e. The monoisotopic (exact) mass is 378 g/mol. The van der Waals surface area contributed by atoms with Crippen LogP contribution in [0.2, 0.25) is 0 Å². The van der Waals surface area contributed by atoms with Crippen molar-refractivity contribution in [2.24, 2.45) is 0 Å². The maximum atomic E-state index is 13.4. The van der Waals surface area contributed by atoms with E-state index >= 15 is 0 Å². The molecule has 2 aliphatic rings. The Morgan fingerprint density at radius 2 is 1.79 bits per heavy atom. The number of benzene rings is 2. The normalized spacial score (nSPS) is 22.7. The van der Waals surface area contributed by atoms with Crippen LogP contribution in [0.5, 0.6) is 0 Å². The van der Waals surface area contributed by atoms with E-state index in [4.69, 9.17) is 4.74 Å².